The molecule has 0 aromatic carbocycles. The van der Waals surface area contributed by atoms with Crippen LogP contribution in [0, 0.1) is 0 Å². The lowest BCUT2D eigenvalue weighted by Gasteiger charge is -2.31. The van der Waals surface area contributed by atoms with Crippen molar-refractivity contribution in [3.8, 4) is 0 Å². The minimum Gasteiger partial charge on any atom is -0.328 e. The van der Waals surface area contributed by atoms with Gasteiger partial charge in [0.2, 0.25) is 0 Å². The minimum atomic E-state index is 0.439. The molecule has 0 saturated carbocycles. The van der Waals surface area contributed by atoms with E-state index in [1.165, 1.54) is 31.1 Å². The van der Waals surface area contributed by atoms with E-state index in [1.807, 2.05) is 11.3 Å². The van der Waals surface area contributed by atoms with E-state index in [1.54, 1.807) is 0 Å². The molecule has 2 N–H and O–H groups in total. The maximum Gasteiger partial charge on any atom is 0.0328 e. The molecule has 102 valence electrons. The normalized spacial score (nSPS) is 18.6. The molecule has 4 heteroatoms. The second kappa shape index (κ2) is 7.24. The summed E-state index contributed by atoms with van der Waals surface area (Å²) in [6, 6.07) is 4.81. The summed E-state index contributed by atoms with van der Waals surface area (Å²) < 4.78 is 0. The Morgan fingerprint density at radius 1 is 1.44 bits per heavy atom. The zero-order valence-electron chi connectivity index (χ0n) is 11.3. The molecule has 1 aliphatic rings. The van der Waals surface area contributed by atoms with Gasteiger partial charge in [-0.1, -0.05) is 13.0 Å². The van der Waals surface area contributed by atoms with Crippen LogP contribution >= 0.6 is 11.3 Å². The van der Waals surface area contributed by atoms with Gasteiger partial charge in [-0.3, -0.25) is 4.90 Å². The Hall–Kier alpha value is -0.420. The highest BCUT2D eigenvalue weighted by atomic mass is 32.1. The zero-order valence-corrected chi connectivity index (χ0v) is 12.2. The van der Waals surface area contributed by atoms with Crippen LogP contribution in [0.25, 0.3) is 0 Å². The van der Waals surface area contributed by atoms with E-state index in [0.29, 0.717) is 6.04 Å². The smallest absolute Gasteiger partial charge is 0.0328 e. The molecular formula is C14H25N3S. The molecule has 0 amide bonds. The number of hydrogen-bond acceptors (Lipinski definition) is 4. The van der Waals surface area contributed by atoms with Crippen molar-refractivity contribution in [2.75, 3.05) is 32.7 Å². The molecule has 1 aromatic heterocycles. The van der Waals surface area contributed by atoms with Gasteiger partial charge in [0.25, 0.3) is 0 Å². The fourth-order valence-corrected chi connectivity index (χ4v) is 3.18. The summed E-state index contributed by atoms with van der Waals surface area (Å²) in [6.07, 6.45) is 2.33. The molecule has 0 atom stereocenters. The number of likely N-dealkylation sites (tertiary alicyclic amines) is 1. The Morgan fingerprint density at radius 2 is 2.22 bits per heavy atom. The van der Waals surface area contributed by atoms with Gasteiger partial charge in [-0.15, -0.1) is 11.3 Å². The van der Waals surface area contributed by atoms with Crippen LogP contribution in [0.3, 0.4) is 0 Å². The molecule has 0 aliphatic carbocycles. The van der Waals surface area contributed by atoms with Crippen LogP contribution in [0.2, 0.25) is 0 Å². The van der Waals surface area contributed by atoms with Crippen LogP contribution in [0.15, 0.2) is 17.5 Å². The van der Waals surface area contributed by atoms with E-state index in [4.69, 9.17) is 5.73 Å². The lowest BCUT2D eigenvalue weighted by atomic mass is 10.1. The topological polar surface area (TPSA) is 32.5 Å². The SMILES string of the molecule is CCN(CCN1CCC(N)CC1)Cc1cccs1. The molecule has 1 saturated heterocycles. The first-order valence-corrected chi connectivity index (χ1v) is 7.88. The van der Waals surface area contributed by atoms with Crippen LogP contribution in [0.1, 0.15) is 24.6 Å². The van der Waals surface area contributed by atoms with Crippen LogP contribution in [-0.4, -0.2) is 48.6 Å². The van der Waals surface area contributed by atoms with E-state index < -0.39 is 0 Å². The average Bonchev–Trinajstić information content (AvgIpc) is 2.89. The van der Waals surface area contributed by atoms with Crippen molar-refractivity contribution in [1.82, 2.24) is 9.80 Å². The minimum absolute atomic E-state index is 0.439. The van der Waals surface area contributed by atoms with E-state index >= 15 is 0 Å². The molecule has 0 unspecified atom stereocenters. The number of likely N-dealkylation sites (N-methyl/N-ethyl adjacent to an activating group) is 1. The van der Waals surface area contributed by atoms with Gasteiger partial charge < -0.3 is 10.6 Å². The van der Waals surface area contributed by atoms with Crippen molar-refractivity contribution in [2.45, 2.75) is 32.4 Å². The zero-order chi connectivity index (χ0) is 12.8. The number of rotatable bonds is 6. The van der Waals surface area contributed by atoms with Crippen molar-refractivity contribution in [3.63, 3.8) is 0 Å². The summed E-state index contributed by atoms with van der Waals surface area (Å²) >= 11 is 1.86. The lowest BCUT2D eigenvalue weighted by Crippen LogP contribution is -2.43. The molecule has 18 heavy (non-hydrogen) atoms. The van der Waals surface area contributed by atoms with Gasteiger partial charge in [-0.05, 0) is 43.9 Å². The molecule has 0 bridgehead atoms. The Kier molecular flexibility index (Phi) is 5.63. The van der Waals surface area contributed by atoms with Gasteiger partial charge in [0, 0.05) is 30.6 Å². The first kappa shape index (κ1) is 14.0. The highest BCUT2D eigenvalue weighted by Gasteiger charge is 2.16. The number of piperidine rings is 1. The predicted molar refractivity (Wildman–Crippen MR) is 78.9 cm³/mol. The number of nitrogens with zero attached hydrogens (tertiary/aromatic N) is 2. The third kappa shape index (κ3) is 4.35. The molecule has 1 aromatic rings. The monoisotopic (exact) mass is 267 g/mol. The van der Waals surface area contributed by atoms with Crippen molar-refractivity contribution in [1.29, 1.82) is 0 Å². The fourth-order valence-electron chi connectivity index (χ4n) is 2.43. The van der Waals surface area contributed by atoms with E-state index in [2.05, 4.69) is 34.2 Å². The van der Waals surface area contributed by atoms with E-state index in [0.717, 1.165) is 25.9 Å². The lowest BCUT2D eigenvalue weighted by molar-refractivity contribution is 0.174. The second-order valence-corrected chi connectivity index (χ2v) is 6.16. The van der Waals surface area contributed by atoms with Gasteiger partial charge in [0.15, 0.2) is 0 Å². The second-order valence-electron chi connectivity index (χ2n) is 5.13. The fraction of sp³-hybridized carbons (Fsp3) is 0.714. The highest BCUT2D eigenvalue weighted by molar-refractivity contribution is 7.09. The van der Waals surface area contributed by atoms with Crippen molar-refractivity contribution in [3.05, 3.63) is 22.4 Å². The van der Waals surface area contributed by atoms with Gasteiger partial charge >= 0.3 is 0 Å². The van der Waals surface area contributed by atoms with Crippen molar-refractivity contribution in [2.24, 2.45) is 5.73 Å². The molecule has 2 rings (SSSR count). The van der Waals surface area contributed by atoms with Crippen molar-refractivity contribution < 1.29 is 0 Å². The first-order chi connectivity index (χ1) is 8.78. The third-order valence-electron chi connectivity index (χ3n) is 3.77. The van der Waals surface area contributed by atoms with E-state index in [-0.39, 0.29) is 0 Å². The standard InChI is InChI=1S/C14H25N3S/c1-2-16(12-14-4-3-11-18-14)9-10-17-7-5-13(15)6-8-17/h3-4,11,13H,2,5-10,12,15H2,1H3. The first-order valence-electron chi connectivity index (χ1n) is 7.00. The summed E-state index contributed by atoms with van der Waals surface area (Å²) in [5.41, 5.74) is 5.93. The number of hydrogen-bond donors (Lipinski definition) is 1. The molecule has 3 nitrogen and oxygen atoms in total. The summed E-state index contributed by atoms with van der Waals surface area (Å²) in [5, 5.41) is 2.16. The van der Waals surface area contributed by atoms with E-state index in [9.17, 15) is 0 Å². The van der Waals surface area contributed by atoms with Gasteiger partial charge in [-0.2, -0.15) is 0 Å². The summed E-state index contributed by atoms with van der Waals surface area (Å²) in [4.78, 5) is 6.55. The molecule has 0 spiro atoms. The van der Waals surface area contributed by atoms with Crippen LogP contribution < -0.4 is 5.73 Å². The quantitative estimate of drug-likeness (QED) is 0.855. The van der Waals surface area contributed by atoms with Crippen LogP contribution in [0.4, 0.5) is 0 Å². The number of nitrogens with two attached hydrogens (primary N) is 1. The van der Waals surface area contributed by atoms with Gasteiger partial charge in [0.05, 0.1) is 0 Å². The number of thiophene rings is 1. The predicted octanol–water partition coefficient (Wildman–Crippen LogP) is 1.99. The summed E-state index contributed by atoms with van der Waals surface area (Å²) in [7, 11) is 0. The van der Waals surface area contributed by atoms with Crippen LogP contribution in [-0.2, 0) is 6.54 Å². The van der Waals surface area contributed by atoms with Crippen molar-refractivity contribution >= 4 is 11.3 Å². The largest absolute Gasteiger partial charge is 0.328 e. The molecule has 1 fully saturated rings. The molecule has 0 radical (unpaired) electrons. The maximum atomic E-state index is 5.93. The molecular weight excluding hydrogens is 242 g/mol. The molecule has 1 aliphatic heterocycles. The van der Waals surface area contributed by atoms with Gasteiger partial charge in [0.1, 0.15) is 0 Å². The Bertz CT molecular complexity index is 318. The Balaban J connectivity index is 1.70. The van der Waals surface area contributed by atoms with Crippen LogP contribution in [0.5, 0.6) is 0 Å². The maximum absolute atomic E-state index is 5.93. The Morgan fingerprint density at radius 3 is 2.83 bits per heavy atom. The average molecular weight is 267 g/mol. The summed E-state index contributed by atoms with van der Waals surface area (Å²) in [5.74, 6) is 0. The highest BCUT2D eigenvalue weighted by Crippen LogP contribution is 2.12. The van der Waals surface area contributed by atoms with Gasteiger partial charge in [-0.25, -0.2) is 0 Å². The molecule has 2 heterocycles. The summed E-state index contributed by atoms with van der Waals surface area (Å²) in [6.45, 7) is 9.19. The Labute approximate surface area is 115 Å². The third-order valence-corrected chi connectivity index (χ3v) is 4.63.